The van der Waals surface area contributed by atoms with Gasteiger partial charge in [0.05, 0.1) is 5.57 Å². The Bertz CT molecular complexity index is 1380. The minimum absolute atomic E-state index is 0.0302. The average Bonchev–Trinajstić information content (AvgIpc) is 3.17. The van der Waals surface area contributed by atoms with Gasteiger partial charge in [0.15, 0.2) is 0 Å². The third-order valence-corrected chi connectivity index (χ3v) is 5.50. The molecule has 0 bridgehead atoms. The summed E-state index contributed by atoms with van der Waals surface area (Å²) in [7, 11) is 0. The molecular formula is C31H20O. The van der Waals surface area contributed by atoms with Gasteiger partial charge >= 0.3 is 0 Å². The summed E-state index contributed by atoms with van der Waals surface area (Å²) in [4.78, 5) is 13.9. The molecule has 0 aliphatic heterocycles. The highest BCUT2D eigenvalue weighted by Crippen LogP contribution is 2.46. The smallest absolute Gasteiger partial charge is 0.203 e. The zero-order chi connectivity index (χ0) is 21.8. The van der Waals surface area contributed by atoms with Crippen molar-refractivity contribution in [3.63, 3.8) is 0 Å². The van der Waals surface area contributed by atoms with Crippen LogP contribution in [0.1, 0.15) is 22.3 Å². The van der Waals surface area contributed by atoms with Crippen molar-refractivity contribution < 1.29 is 4.79 Å². The molecule has 0 heterocycles. The molecule has 0 N–H and O–H groups in total. The van der Waals surface area contributed by atoms with E-state index < -0.39 is 0 Å². The van der Waals surface area contributed by atoms with E-state index in [0.29, 0.717) is 11.1 Å². The van der Waals surface area contributed by atoms with Gasteiger partial charge in [0.2, 0.25) is 5.78 Å². The van der Waals surface area contributed by atoms with Crippen molar-refractivity contribution in [1.29, 1.82) is 0 Å². The quantitative estimate of drug-likeness (QED) is 0.345. The fourth-order valence-corrected chi connectivity index (χ4v) is 4.04. The molecular weight excluding hydrogens is 388 g/mol. The predicted octanol–water partition coefficient (Wildman–Crippen LogP) is 6.69. The Morgan fingerprint density at radius 3 is 1.31 bits per heavy atom. The van der Waals surface area contributed by atoms with Crippen molar-refractivity contribution in [3.8, 4) is 11.8 Å². The third kappa shape index (κ3) is 3.71. The number of rotatable bonds is 3. The number of carbonyl (C=O) groups is 1. The van der Waals surface area contributed by atoms with E-state index in [9.17, 15) is 4.79 Å². The fourth-order valence-electron chi connectivity index (χ4n) is 4.04. The van der Waals surface area contributed by atoms with Gasteiger partial charge in [0.25, 0.3) is 0 Å². The van der Waals surface area contributed by atoms with Crippen LogP contribution < -0.4 is 0 Å². The molecule has 0 aromatic heterocycles. The van der Waals surface area contributed by atoms with Crippen molar-refractivity contribution in [1.82, 2.24) is 0 Å². The average molecular weight is 409 g/mol. The highest BCUT2D eigenvalue weighted by molar-refractivity contribution is 6.48. The van der Waals surface area contributed by atoms with Gasteiger partial charge in [-0.25, -0.2) is 0 Å². The van der Waals surface area contributed by atoms with Crippen LogP contribution in [0, 0.1) is 11.8 Å². The molecule has 0 fully saturated rings. The Labute approximate surface area is 188 Å². The van der Waals surface area contributed by atoms with Gasteiger partial charge in [-0.15, -0.1) is 0 Å². The summed E-state index contributed by atoms with van der Waals surface area (Å²) in [5, 5.41) is 0. The molecule has 0 amide bonds. The molecule has 0 atom stereocenters. The van der Waals surface area contributed by atoms with Crippen molar-refractivity contribution in [3.05, 3.63) is 149 Å². The summed E-state index contributed by atoms with van der Waals surface area (Å²) in [6.07, 6.45) is 0. The van der Waals surface area contributed by atoms with E-state index in [1.165, 1.54) is 0 Å². The second-order valence-electron chi connectivity index (χ2n) is 7.54. The van der Waals surface area contributed by atoms with E-state index in [1.54, 1.807) is 0 Å². The van der Waals surface area contributed by atoms with E-state index in [4.69, 9.17) is 0 Å². The lowest BCUT2D eigenvalue weighted by atomic mass is 9.90. The highest BCUT2D eigenvalue weighted by atomic mass is 16.1. The van der Waals surface area contributed by atoms with Crippen LogP contribution in [0.5, 0.6) is 0 Å². The second kappa shape index (κ2) is 8.76. The number of allylic oxidation sites excluding steroid dienone is 4. The molecule has 4 aromatic carbocycles. The molecule has 0 unspecified atom stereocenters. The number of carbonyl (C=O) groups excluding carboxylic acids is 1. The van der Waals surface area contributed by atoms with Crippen molar-refractivity contribution in [2.75, 3.05) is 0 Å². The molecule has 0 spiro atoms. The van der Waals surface area contributed by atoms with Gasteiger partial charge in [-0.3, -0.25) is 4.79 Å². The summed E-state index contributed by atoms with van der Waals surface area (Å²) in [6.45, 7) is 0. The Balaban J connectivity index is 1.80. The predicted molar refractivity (Wildman–Crippen MR) is 131 cm³/mol. The van der Waals surface area contributed by atoms with Gasteiger partial charge in [0, 0.05) is 22.3 Å². The summed E-state index contributed by atoms with van der Waals surface area (Å²) in [5.74, 6) is 6.41. The van der Waals surface area contributed by atoms with Crippen LogP contribution >= 0.6 is 0 Å². The van der Waals surface area contributed by atoms with Crippen LogP contribution in [0.2, 0.25) is 0 Å². The number of benzene rings is 4. The van der Waals surface area contributed by atoms with E-state index in [2.05, 4.69) is 24.0 Å². The van der Waals surface area contributed by atoms with Crippen LogP contribution in [0.3, 0.4) is 0 Å². The second-order valence-corrected chi connectivity index (χ2v) is 7.54. The first kappa shape index (κ1) is 19.5. The van der Waals surface area contributed by atoms with E-state index in [1.807, 2.05) is 109 Å². The molecule has 150 valence electrons. The first-order chi connectivity index (χ1) is 15.8. The molecule has 5 rings (SSSR count). The number of hydrogen-bond acceptors (Lipinski definition) is 1. The lowest BCUT2D eigenvalue weighted by Crippen LogP contribution is -2.01. The third-order valence-electron chi connectivity index (χ3n) is 5.50. The Kier molecular flexibility index (Phi) is 5.35. The lowest BCUT2D eigenvalue weighted by molar-refractivity contribution is -0.110. The van der Waals surface area contributed by atoms with Crippen LogP contribution in [-0.2, 0) is 4.79 Å². The Morgan fingerprint density at radius 1 is 0.406 bits per heavy atom. The molecule has 1 nitrogen and oxygen atoms in total. The van der Waals surface area contributed by atoms with Gasteiger partial charge in [0.1, 0.15) is 0 Å². The number of hydrogen-bond donors (Lipinski definition) is 0. The van der Waals surface area contributed by atoms with Crippen LogP contribution in [0.25, 0.3) is 16.7 Å². The van der Waals surface area contributed by atoms with Crippen LogP contribution in [0.15, 0.2) is 127 Å². The lowest BCUT2D eigenvalue weighted by Gasteiger charge is -2.12. The molecule has 4 aromatic rings. The first-order valence-corrected chi connectivity index (χ1v) is 10.6. The molecule has 1 aliphatic rings. The largest absolute Gasteiger partial charge is 0.288 e. The molecule has 1 heteroatoms. The zero-order valence-electron chi connectivity index (χ0n) is 17.5. The standard InChI is InChI=1S/C31H20O/c32-31-27(22-21-23-13-5-1-6-14-23)28(24-15-7-2-8-16-24)29(25-17-9-3-10-18-25)30(31)26-19-11-4-12-20-26/h1-20H. The SMILES string of the molecule is O=C1C(C#Cc2ccccc2)=C(c2ccccc2)C(c2ccccc2)=C1c1ccccc1. The molecule has 0 saturated carbocycles. The van der Waals surface area contributed by atoms with E-state index >= 15 is 0 Å². The van der Waals surface area contributed by atoms with Crippen molar-refractivity contribution in [2.24, 2.45) is 0 Å². The molecule has 0 radical (unpaired) electrons. The molecule has 1 aliphatic carbocycles. The summed E-state index contributed by atoms with van der Waals surface area (Å²) in [6, 6.07) is 39.9. The highest BCUT2D eigenvalue weighted by Gasteiger charge is 2.33. The summed E-state index contributed by atoms with van der Waals surface area (Å²) < 4.78 is 0. The maximum Gasteiger partial charge on any atom is 0.203 e. The minimum Gasteiger partial charge on any atom is -0.288 e. The summed E-state index contributed by atoms with van der Waals surface area (Å²) in [5.41, 5.74) is 6.86. The first-order valence-electron chi connectivity index (χ1n) is 10.6. The van der Waals surface area contributed by atoms with Crippen molar-refractivity contribution >= 4 is 22.5 Å². The van der Waals surface area contributed by atoms with E-state index in [0.717, 1.165) is 33.4 Å². The maximum atomic E-state index is 13.9. The van der Waals surface area contributed by atoms with E-state index in [-0.39, 0.29) is 5.78 Å². The molecule has 0 saturated heterocycles. The van der Waals surface area contributed by atoms with Gasteiger partial charge in [-0.2, -0.15) is 0 Å². The normalized spacial score (nSPS) is 13.2. The topological polar surface area (TPSA) is 17.1 Å². The van der Waals surface area contributed by atoms with Gasteiger partial charge in [-0.1, -0.05) is 121 Å². The number of ketones is 1. The Morgan fingerprint density at radius 2 is 0.812 bits per heavy atom. The fraction of sp³-hybridized carbons (Fsp3) is 0. The zero-order valence-corrected chi connectivity index (χ0v) is 17.5. The Hall–Kier alpha value is -4.41. The van der Waals surface area contributed by atoms with Crippen LogP contribution in [-0.4, -0.2) is 5.78 Å². The monoisotopic (exact) mass is 408 g/mol. The van der Waals surface area contributed by atoms with Gasteiger partial charge < -0.3 is 0 Å². The number of Topliss-reactive ketones (excluding diaryl/α,β-unsaturated/α-hetero) is 1. The maximum absolute atomic E-state index is 13.9. The molecule has 32 heavy (non-hydrogen) atoms. The minimum atomic E-state index is -0.0302. The summed E-state index contributed by atoms with van der Waals surface area (Å²) >= 11 is 0. The van der Waals surface area contributed by atoms with Gasteiger partial charge in [-0.05, 0) is 28.8 Å². The van der Waals surface area contributed by atoms with Crippen LogP contribution in [0.4, 0.5) is 0 Å². The van der Waals surface area contributed by atoms with Crippen molar-refractivity contribution in [2.45, 2.75) is 0 Å².